The molecule has 0 atom stereocenters. The normalized spacial score (nSPS) is 10.2. The number of hydrogen-bond donors (Lipinski definition) is 1. The molecule has 2 aromatic rings. The van der Waals surface area contributed by atoms with Gasteiger partial charge in [0.25, 0.3) is 11.6 Å². The van der Waals surface area contributed by atoms with Crippen molar-refractivity contribution >= 4 is 40.5 Å². The molecule has 0 radical (unpaired) electrons. The Kier molecular flexibility index (Phi) is 5.41. The lowest BCUT2D eigenvalue weighted by atomic mass is 10.2. The van der Waals surface area contributed by atoms with Crippen molar-refractivity contribution in [1.29, 1.82) is 0 Å². The highest BCUT2D eigenvalue weighted by Gasteiger charge is 2.20. The van der Waals surface area contributed by atoms with Crippen LogP contribution in [0.4, 0.5) is 11.4 Å². The van der Waals surface area contributed by atoms with Crippen LogP contribution in [0.2, 0.25) is 10.0 Å². The van der Waals surface area contributed by atoms with Crippen molar-refractivity contribution in [3.05, 3.63) is 62.1 Å². The molecule has 0 aromatic heterocycles. The Morgan fingerprint density at radius 1 is 1.26 bits per heavy atom. The van der Waals surface area contributed by atoms with Crippen molar-refractivity contribution in [3.8, 4) is 5.75 Å². The summed E-state index contributed by atoms with van der Waals surface area (Å²) in [6.45, 7) is 2.14. The van der Waals surface area contributed by atoms with Gasteiger partial charge in [0.05, 0.1) is 33.2 Å². The van der Waals surface area contributed by atoms with Gasteiger partial charge in [-0.3, -0.25) is 14.9 Å². The highest BCUT2D eigenvalue weighted by atomic mass is 35.5. The van der Waals surface area contributed by atoms with E-state index in [4.69, 9.17) is 27.9 Å². The fraction of sp³-hybridized carbons (Fsp3) is 0.133. The molecule has 0 saturated carbocycles. The first-order valence-electron chi connectivity index (χ1n) is 6.60. The van der Waals surface area contributed by atoms with Gasteiger partial charge in [-0.15, -0.1) is 0 Å². The van der Waals surface area contributed by atoms with E-state index in [1.807, 2.05) is 0 Å². The number of halogens is 2. The number of nitrogens with one attached hydrogen (secondary N) is 1. The number of ether oxygens (including phenoxy) is 1. The average molecular weight is 355 g/mol. The zero-order chi connectivity index (χ0) is 17.0. The minimum atomic E-state index is -0.632. The molecule has 0 spiro atoms. The van der Waals surface area contributed by atoms with Crippen molar-refractivity contribution in [2.75, 3.05) is 11.9 Å². The van der Waals surface area contributed by atoms with Crippen molar-refractivity contribution in [2.24, 2.45) is 0 Å². The Labute approximate surface area is 142 Å². The number of amides is 1. The number of rotatable bonds is 5. The summed E-state index contributed by atoms with van der Waals surface area (Å²) in [5.41, 5.74) is -0.203. The van der Waals surface area contributed by atoms with Gasteiger partial charge in [0, 0.05) is 0 Å². The van der Waals surface area contributed by atoms with Crippen LogP contribution in [0.15, 0.2) is 36.4 Å². The van der Waals surface area contributed by atoms with E-state index in [0.717, 1.165) is 0 Å². The maximum Gasteiger partial charge on any atom is 0.296 e. The third kappa shape index (κ3) is 3.91. The molecule has 0 aliphatic carbocycles. The third-order valence-electron chi connectivity index (χ3n) is 2.91. The molecule has 2 aromatic carbocycles. The van der Waals surface area contributed by atoms with Gasteiger partial charge in [-0.1, -0.05) is 29.3 Å². The van der Waals surface area contributed by atoms with Gasteiger partial charge in [0.15, 0.2) is 0 Å². The molecule has 0 heterocycles. The molecule has 0 bridgehead atoms. The van der Waals surface area contributed by atoms with Gasteiger partial charge >= 0.3 is 0 Å². The Morgan fingerprint density at radius 2 is 1.91 bits per heavy atom. The predicted octanol–water partition coefficient (Wildman–Crippen LogP) is 4.55. The van der Waals surface area contributed by atoms with Crippen molar-refractivity contribution in [3.63, 3.8) is 0 Å². The summed E-state index contributed by atoms with van der Waals surface area (Å²) < 4.78 is 5.22. The molecule has 0 aliphatic rings. The summed E-state index contributed by atoms with van der Waals surface area (Å²) in [4.78, 5) is 22.9. The largest absolute Gasteiger partial charge is 0.494 e. The second-order valence-electron chi connectivity index (χ2n) is 4.42. The fourth-order valence-electron chi connectivity index (χ4n) is 1.92. The Balaban J connectivity index is 2.36. The van der Waals surface area contributed by atoms with E-state index in [-0.39, 0.29) is 27.0 Å². The first-order chi connectivity index (χ1) is 10.9. The Bertz CT molecular complexity index is 745. The quantitative estimate of drug-likeness (QED) is 0.630. The van der Waals surface area contributed by atoms with Crippen molar-refractivity contribution in [2.45, 2.75) is 6.92 Å². The van der Waals surface area contributed by atoms with Crippen LogP contribution in [-0.2, 0) is 0 Å². The van der Waals surface area contributed by atoms with E-state index in [9.17, 15) is 14.9 Å². The Hall–Kier alpha value is -2.31. The van der Waals surface area contributed by atoms with E-state index < -0.39 is 10.8 Å². The summed E-state index contributed by atoms with van der Waals surface area (Å²) in [6, 6.07) is 8.78. The molecule has 6 nitrogen and oxygen atoms in total. The van der Waals surface area contributed by atoms with Crippen molar-refractivity contribution in [1.82, 2.24) is 0 Å². The van der Waals surface area contributed by atoms with Crippen LogP contribution in [0.5, 0.6) is 5.75 Å². The molecular formula is C15H12Cl2N2O4. The smallest absolute Gasteiger partial charge is 0.296 e. The molecule has 2 rings (SSSR count). The van der Waals surface area contributed by atoms with Gasteiger partial charge in [-0.2, -0.15) is 0 Å². The summed E-state index contributed by atoms with van der Waals surface area (Å²) in [5, 5.41) is 13.9. The van der Waals surface area contributed by atoms with Crippen LogP contribution < -0.4 is 10.1 Å². The van der Waals surface area contributed by atoms with E-state index in [1.165, 1.54) is 30.3 Å². The second-order valence-corrected chi connectivity index (χ2v) is 5.23. The molecule has 1 amide bonds. The number of benzene rings is 2. The lowest BCUT2D eigenvalue weighted by Crippen LogP contribution is -2.14. The van der Waals surface area contributed by atoms with Crippen LogP contribution >= 0.6 is 23.2 Å². The standard InChI is InChI=1S/C15H12Cl2N2O4/c1-2-23-9-6-7-12(13(8-9)19(21)22)18-15(20)14-10(16)4-3-5-11(14)17/h3-8H,2H2,1H3,(H,18,20). The van der Waals surface area contributed by atoms with Gasteiger partial charge in [0.1, 0.15) is 11.4 Å². The maximum atomic E-state index is 12.3. The van der Waals surface area contributed by atoms with E-state index in [0.29, 0.717) is 12.4 Å². The molecule has 0 aliphatic heterocycles. The van der Waals surface area contributed by atoms with Crippen LogP contribution in [0.25, 0.3) is 0 Å². The number of nitro groups is 1. The topological polar surface area (TPSA) is 81.5 Å². The summed E-state index contributed by atoms with van der Waals surface area (Å²) >= 11 is 11.9. The third-order valence-corrected chi connectivity index (χ3v) is 3.54. The summed E-state index contributed by atoms with van der Waals surface area (Å²) in [7, 11) is 0. The monoisotopic (exact) mass is 354 g/mol. The zero-order valence-electron chi connectivity index (χ0n) is 12.0. The Morgan fingerprint density at radius 3 is 2.48 bits per heavy atom. The van der Waals surface area contributed by atoms with Gasteiger partial charge < -0.3 is 10.1 Å². The molecule has 1 N–H and O–H groups in total. The highest BCUT2D eigenvalue weighted by molar-refractivity contribution is 6.40. The summed E-state index contributed by atoms with van der Waals surface area (Å²) in [5.74, 6) is -0.291. The van der Waals surface area contributed by atoms with E-state index in [2.05, 4.69) is 5.32 Å². The number of carbonyl (C=O) groups excluding carboxylic acids is 1. The number of hydrogen-bond acceptors (Lipinski definition) is 4. The highest BCUT2D eigenvalue weighted by Crippen LogP contribution is 2.31. The van der Waals surface area contributed by atoms with Gasteiger partial charge in [-0.05, 0) is 31.2 Å². The van der Waals surface area contributed by atoms with E-state index in [1.54, 1.807) is 13.0 Å². The lowest BCUT2D eigenvalue weighted by molar-refractivity contribution is -0.384. The second kappa shape index (κ2) is 7.30. The minimum Gasteiger partial charge on any atom is -0.494 e. The van der Waals surface area contributed by atoms with Crippen molar-refractivity contribution < 1.29 is 14.5 Å². The number of nitro benzene ring substituents is 1. The first kappa shape index (κ1) is 17.1. The molecule has 0 unspecified atom stereocenters. The van der Waals surface area contributed by atoms with E-state index >= 15 is 0 Å². The molecule has 120 valence electrons. The molecule has 0 fully saturated rings. The fourth-order valence-corrected chi connectivity index (χ4v) is 2.49. The number of anilines is 1. The SMILES string of the molecule is CCOc1ccc(NC(=O)c2c(Cl)cccc2Cl)c([N+](=O)[O-])c1. The molecular weight excluding hydrogens is 343 g/mol. The van der Waals surface area contributed by atoms with Crippen LogP contribution in [0.1, 0.15) is 17.3 Å². The predicted molar refractivity (Wildman–Crippen MR) is 88.7 cm³/mol. The average Bonchev–Trinajstić information content (AvgIpc) is 2.48. The van der Waals surface area contributed by atoms with Gasteiger partial charge in [-0.25, -0.2) is 0 Å². The minimum absolute atomic E-state index is 0.0273. The molecule has 8 heteroatoms. The van der Waals surface area contributed by atoms with Gasteiger partial charge in [0.2, 0.25) is 0 Å². The maximum absolute atomic E-state index is 12.3. The first-order valence-corrected chi connectivity index (χ1v) is 7.36. The lowest BCUT2D eigenvalue weighted by Gasteiger charge is -2.10. The molecule has 0 saturated heterocycles. The zero-order valence-corrected chi connectivity index (χ0v) is 13.5. The summed E-state index contributed by atoms with van der Waals surface area (Å²) in [6.07, 6.45) is 0. The number of nitrogens with zero attached hydrogens (tertiary/aromatic N) is 1. The van der Waals surface area contributed by atoms with Crippen LogP contribution in [-0.4, -0.2) is 17.4 Å². The van der Waals surface area contributed by atoms with Crippen LogP contribution in [0, 0.1) is 10.1 Å². The van der Waals surface area contributed by atoms with Crippen LogP contribution in [0.3, 0.4) is 0 Å². The molecule has 23 heavy (non-hydrogen) atoms. The number of carbonyl (C=O) groups is 1.